The summed E-state index contributed by atoms with van der Waals surface area (Å²) in [5, 5.41) is 1.33. The molecule has 1 N–H and O–H groups in total. The number of allylic oxidation sites excluding steroid dienone is 1. The predicted molar refractivity (Wildman–Crippen MR) is 145 cm³/mol. The number of benzene rings is 3. The summed E-state index contributed by atoms with van der Waals surface area (Å²) >= 11 is 0. The molecule has 6 rings (SSSR count). The Hall–Kier alpha value is -3.63. The van der Waals surface area contributed by atoms with E-state index in [0.29, 0.717) is 0 Å². The summed E-state index contributed by atoms with van der Waals surface area (Å²) in [5.41, 5.74) is 9.11. The molecule has 4 nitrogen and oxygen atoms in total. The van der Waals surface area contributed by atoms with Crippen LogP contribution in [0.25, 0.3) is 27.5 Å². The second-order valence-electron chi connectivity index (χ2n) is 9.93. The van der Waals surface area contributed by atoms with Crippen molar-refractivity contribution in [3.63, 3.8) is 0 Å². The molecule has 0 fully saturated rings. The zero-order valence-electron chi connectivity index (χ0n) is 20.5. The number of nitrogens with one attached hydrogen (secondary N) is 1. The fourth-order valence-corrected chi connectivity index (χ4v) is 5.89. The number of aromatic amines is 1. The van der Waals surface area contributed by atoms with Crippen molar-refractivity contribution in [2.45, 2.75) is 37.8 Å². The molecule has 35 heavy (non-hydrogen) atoms. The normalized spacial score (nSPS) is 18.4. The molecule has 0 aliphatic heterocycles. The lowest BCUT2D eigenvalue weighted by atomic mass is 9.75. The fourth-order valence-electron chi connectivity index (χ4n) is 5.89. The molecular weight excluding hydrogens is 428 g/mol. The van der Waals surface area contributed by atoms with Crippen molar-refractivity contribution in [2.75, 3.05) is 14.1 Å². The lowest BCUT2D eigenvalue weighted by Gasteiger charge is -2.43. The minimum atomic E-state index is 0.0483. The summed E-state index contributed by atoms with van der Waals surface area (Å²) in [5.74, 6) is 0. The maximum atomic E-state index is 4.59. The number of aromatic nitrogens is 3. The number of nitrogens with zero attached hydrogens (tertiary/aromatic N) is 3. The van der Waals surface area contributed by atoms with E-state index in [-0.39, 0.29) is 5.54 Å². The van der Waals surface area contributed by atoms with Crippen LogP contribution in [0.1, 0.15) is 36.1 Å². The second-order valence-corrected chi connectivity index (χ2v) is 9.93. The van der Waals surface area contributed by atoms with E-state index in [9.17, 15) is 0 Å². The van der Waals surface area contributed by atoms with Gasteiger partial charge in [-0.1, -0.05) is 66.7 Å². The number of imidazole rings is 1. The van der Waals surface area contributed by atoms with Gasteiger partial charge >= 0.3 is 0 Å². The summed E-state index contributed by atoms with van der Waals surface area (Å²) in [6, 6.07) is 28.1. The molecule has 0 saturated carbocycles. The van der Waals surface area contributed by atoms with Gasteiger partial charge in [0, 0.05) is 28.7 Å². The van der Waals surface area contributed by atoms with Crippen LogP contribution < -0.4 is 0 Å². The average Bonchev–Trinajstić information content (AvgIpc) is 3.49. The van der Waals surface area contributed by atoms with Crippen LogP contribution in [0.15, 0.2) is 91.3 Å². The molecule has 1 unspecified atom stereocenters. The lowest BCUT2D eigenvalue weighted by molar-refractivity contribution is 0.138. The van der Waals surface area contributed by atoms with Crippen LogP contribution in [-0.4, -0.2) is 33.5 Å². The van der Waals surface area contributed by atoms with Gasteiger partial charge in [-0.05, 0) is 74.7 Å². The van der Waals surface area contributed by atoms with E-state index in [4.69, 9.17) is 0 Å². The van der Waals surface area contributed by atoms with Crippen LogP contribution in [0.2, 0.25) is 0 Å². The van der Waals surface area contributed by atoms with Gasteiger partial charge in [-0.3, -0.25) is 4.90 Å². The van der Waals surface area contributed by atoms with Gasteiger partial charge in [0.1, 0.15) is 0 Å². The highest BCUT2D eigenvalue weighted by Gasteiger charge is 2.36. The molecule has 0 saturated heterocycles. The standard InChI is InChI=1S/C31H32N4/c1-34(2)31(24-10-4-3-5-11-24)19-16-23(17-20-31)30-26(25-12-6-7-13-27(25)33-30)18-21-35-22-32-28-14-8-9-15-29(28)35/h3-16,22,33H,17-21H2,1-2H3. The van der Waals surface area contributed by atoms with E-state index >= 15 is 0 Å². The van der Waals surface area contributed by atoms with E-state index in [0.717, 1.165) is 37.7 Å². The molecule has 5 aromatic rings. The molecule has 176 valence electrons. The third-order valence-electron chi connectivity index (χ3n) is 7.93. The first-order valence-corrected chi connectivity index (χ1v) is 12.6. The smallest absolute Gasteiger partial charge is 0.0958 e. The third kappa shape index (κ3) is 3.78. The number of H-pyrrole nitrogens is 1. The largest absolute Gasteiger partial charge is 0.355 e. The first-order valence-electron chi connectivity index (χ1n) is 12.6. The van der Waals surface area contributed by atoms with Gasteiger partial charge in [-0.25, -0.2) is 4.98 Å². The summed E-state index contributed by atoms with van der Waals surface area (Å²) in [4.78, 5) is 10.8. The first-order chi connectivity index (χ1) is 17.2. The van der Waals surface area contributed by atoms with Gasteiger partial charge in [0.15, 0.2) is 0 Å². The van der Waals surface area contributed by atoms with Crippen LogP contribution in [0, 0.1) is 0 Å². The molecular formula is C31H32N4. The van der Waals surface area contributed by atoms with E-state index in [1.165, 1.54) is 38.8 Å². The van der Waals surface area contributed by atoms with E-state index in [2.05, 4.69) is 118 Å². The highest BCUT2D eigenvalue weighted by Crippen LogP contribution is 2.43. The van der Waals surface area contributed by atoms with Crippen molar-refractivity contribution in [1.82, 2.24) is 19.4 Å². The molecule has 1 aliphatic rings. The van der Waals surface area contributed by atoms with Crippen molar-refractivity contribution in [3.05, 3.63) is 108 Å². The Balaban J connectivity index is 1.35. The quantitative estimate of drug-likeness (QED) is 0.303. The van der Waals surface area contributed by atoms with Gasteiger partial charge in [0.2, 0.25) is 0 Å². The fraction of sp³-hybridized carbons (Fsp3) is 0.258. The number of hydrogen-bond donors (Lipinski definition) is 1. The summed E-state index contributed by atoms with van der Waals surface area (Å²) in [7, 11) is 4.44. The van der Waals surface area contributed by atoms with Crippen LogP contribution in [0.3, 0.4) is 0 Å². The summed E-state index contributed by atoms with van der Waals surface area (Å²) in [6.07, 6.45) is 8.61. The second kappa shape index (κ2) is 8.86. The van der Waals surface area contributed by atoms with Gasteiger partial charge in [-0.2, -0.15) is 0 Å². The topological polar surface area (TPSA) is 36.9 Å². The predicted octanol–water partition coefficient (Wildman–Crippen LogP) is 6.78. The molecule has 1 atom stereocenters. The third-order valence-corrected chi connectivity index (χ3v) is 7.93. The number of fused-ring (bicyclic) bond motifs is 2. The molecule has 2 aromatic heterocycles. The maximum Gasteiger partial charge on any atom is 0.0958 e. The minimum Gasteiger partial charge on any atom is -0.355 e. The molecule has 0 radical (unpaired) electrons. The Kier molecular flexibility index (Phi) is 5.54. The molecule has 3 aromatic carbocycles. The molecule has 4 heteroatoms. The van der Waals surface area contributed by atoms with Crippen LogP contribution in [0.4, 0.5) is 0 Å². The Bertz CT molecular complexity index is 1510. The number of hydrogen-bond acceptors (Lipinski definition) is 2. The van der Waals surface area contributed by atoms with Gasteiger partial charge in [0.25, 0.3) is 0 Å². The minimum absolute atomic E-state index is 0.0483. The van der Waals surface area contributed by atoms with E-state index in [1.807, 2.05) is 6.33 Å². The monoisotopic (exact) mass is 460 g/mol. The summed E-state index contributed by atoms with van der Waals surface area (Å²) in [6.45, 7) is 0.911. The van der Waals surface area contributed by atoms with Gasteiger partial charge in [-0.15, -0.1) is 0 Å². The van der Waals surface area contributed by atoms with Crippen molar-refractivity contribution in [2.24, 2.45) is 0 Å². The number of aryl methyl sites for hydroxylation is 2. The molecule has 1 aliphatic carbocycles. The SMILES string of the molecule is CN(C)C1(c2ccccc2)CC=C(c2[nH]c3ccccc3c2CCn2cnc3ccccc32)CC1. The highest BCUT2D eigenvalue weighted by molar-refractivity contribution is 5.89. The number of rotatable bonds is 6. The van der Waals surface area contributed by atoms with Crippen molar-refractivity contribution in [3.8, 4) is 0 Å². The first kappa shape index (κ1) is 21.9. The lowest BCUT2D eigenvalue weighted by Crippen LogP contribution is -2.42. The zero-order chi connectivity index (χ0) is 23.8. The average molecular weight is 461 g/mol. The van der Waals surface area contributed by atoms with E-state index < -0.39 is 0 Å². The number of para-hydroxylation sites is 3. The molecule has 0 spiro atoms. The molecule has 0 bridgehead atoms. The van der Waals surface area contributed by atoms with Crippen LogP contribution in [-0.2, 0) is 18.5 Å². The Morgan fingerprint density at radius 1 is 0.943 bits per heavy atom. The maximum absolute atomic E-state index is 4.59. The van der Waals surface area contributed by atoms with Gasteiger partial charge in [0.05, 0.1) is 17.4 Å². The van der Waals surface area contributed by atoms with E-state index in [1.54, 1.807) is 0 Å². The zero-order valence-corrected chi connectivity index (χ0v) is 20.5. The summed E-state index contributed by atoms with van der Waals surface area (Å²) < 4.78 is 2.28. The molecule has 0 amide bonds. The Labute approximate surface area is 206 Å². The van der Waals surface area contributed by atoms with Crippen molar-refractivity contribution < 1.29 is 0 Å². The van der Waals surface area contributed by atoms with Crippen molar-refractivity contribution >= 4 is 27.5 Å². The van der Waals surface area contributed by atoms with Crippen LogP contribution in [0.5, 0.6) is 0 Å². The molecule has 2 heterocycles. The van der Waals surface area contributed by atoms with Crippen molar-refractivity contribution in [1.29, 1.82) is 0 Å². The van der Waals surface area contributed by atoms with Gasteiger partial charge < -0.3 is 9.55 Å². The Morgan fingerprint density at radius 3 is 2.51 bits per heavy atom. The van der Waals surface area contributed by atoms with Crippen LogP contribution >= 0.6 is 0 Å². The Morgan fingerprint density at radius 2 is 1.71 bits per heavy atom. The highest BCUT2D eigenvalue weighted by atomic mass is 15.1.